The molecule has 4 nitrogen and oxygen atoms in total. The third kappa shape index (κ3) is 2.70. The SMILES string of the molecule is COc1cccc(C(O)c2ccc3c(c2)CN(C(C)=O)C3)c1. The second-order valence-corrected chi connectivity index (χ2v) is 5.58. The Balaban J connectivity index is 1.87. The van der Waals surface area contributed by atoms with Gasteiger partial charge in [-0.25, -0.2) is 0 Å². The number of hydrogen-bond acceptors (Lipinski definition) is 3. The van der Waals surface area contributed by atoms with Crippen LogP contribution in [-0.2, 0) is 17.9 Å². The van der Waals surface area contributed by atoms with Gasteiger partial charge < -0.3 is 14.7 Å². The molecule has 2 aromatic carbocycles. The van der Waals surface area contributed by atoms with Gasteiger partial charge in [0.2, 0.25) is 5.91 Å². The molecule has 1 heterocycles. The van der Waals surface area contributed by atoms with E-state index in [2.05, 4.69) is 0 Å². The van der Waals surface area contributed by atoms with Crippen molar-refractivity contribution in [2.75, 3.05) is 7.11 Å². The van der Waals surface area contributed by atoms with Crippen LogP contribution >= 0.6 is 0 Å². The molecular formula is C18H19NO3. The first-order valence-electron chi connectivity index (χ1n) is 7.27. The zero-order chi connectivity index (χ0) is 15.7. The number of carbonyl (C=O) groups excluding carboxylic acids is 1. The number of hydrogen-bond donors (Lipinski definition) is 1. The predicted octanol–water partition coefficient (Wildman–Crippen LogP) is 2.64. The average molecular weight is 297 g/mol. The number of benzene rings is 2. The lowest BCUT2D eigenvalue weighted by atomic mass is 9.98. The van der Waals surface area contributed by atoms with Gasteiger partial charge in [-0.2, -0.15) is 0 Å². The van der Waals surface area contributed by atoms with E-state index >= 15 is 0 Å². The van der Waals surface area contributed by atoms with Gasteiger partial charge in [-0.15, -0.1) is 0 Å². The molecular weight excluding hydrogens is 278 g/mol. The summed E-state index contributed by atoms with van der Waals surface area (Å²) in [4.78, 5) is 13.3. The highest BCUT2D eigenvalue weighted by Crippen LogP contribution is 2.30. The normalized spacial score (nSPS) is 14.6. The standard InChI is InChI=1S/C18H19NO3/c1-12(20)19-10-15-7-6-14(8-16(15)11-19)18(21)13-4-3-5-17(9-13)22-2/h3-9,18,21H,10-11H2,1-2H3. The van der Waals surface area contributed by atoms with E-state index in [9.17, 15) is 9.90 Å². The molecule has 0 saturated carbocycles. The summed E-state index contributed by atoms with van der Waals surface area (Å²) in [6, 6.07) is 13.3. The molecule has 0 aromatic heterocycles. The molecule has 0 bridgehead atoms. The second kappa shape index (κ2) is 5.81. The van der Waals surface area contributed by atoms with Crippen molar-refractivity contribution in [3.05, 3.63) is 64.7 Å². The van der Waals surface area contributed by atoms with Crippen molar-refractivity contribution in [1.82, 2.24) is 4.90 Å². The first-order chi connectivity index (χ1) is 10.6. The zero-order valence-corrected chi connectivity index (χ0v) is 12.7. The number of methoxy groups -OCH3 is 1. The van der Waals surface area contributed by atoms with Gasteiger partial charge in [0.05, 0.1) is 7.11 Å². The van der Waals surface area contributed by atoms with E-state index in [0.29, 0.717) is 13.1 Å². The Morgan fingerprint density at radius 3 is 2.59 bits per heavy atom. The molecule has 0 spiro atoms. The van der Waals surface area contributed by atoms with Crippen LogP contribution in [0.25, 0.3) is 0 Å². The summed E-state index contributed by atoms with van der Waals surface area (Å²) in [5.41, 5.74) is 3.88. The molecule has 2 aromatic rings. The van der Waals surface area contributed by atoms with Crippen molar-refractivity contribution in [3.63, 3.8) is 0 Å². The molecule has 114 valence electrons. The zero-order valence-electron chi connectivity index (χ0n) is 12.7. The number of rotatable bonds is 3. The monoisotopic (exact) mass is 297 g/mol. The number of aliphatic hydroxyl groups excluding tert-OH is 1. The third-order valence-electron chi connectivity index (χ3n) is 4.12. The second-order valence-electron chi connectivity index (χ2n) is 5.58. The lowest BCUT2D eigenvalue weighted by molar-refractivity contribution is -0.129. The maximum absolute atomic E-state index is 11.5. The van der Waals surface area contributed by atoms with Crippen LogP contribution < -0.4 is 4.74 Å². The molecule has 1 aliphatic rings. The maximum Gasteiger partial charge on any atom is 0.220 e. The third-order valence-corrected chi connectivity index (χ3v) is 4.12. The molecule has 3 rings (SSSR count). The summed E-state index contributed by atoms with van der Waals surface area (Å²) in [6.07, 6.45) is -0.702. The van der Waals surface area contributed by atoms with E-state index in [1.54, 1.807) is 18.9 Å². The predicted molar refractivity (Wildman–Crippen MR) is 83.4 cm³/mol. The minimum absolute atomic E-state index is 0.0751. The van der Waals surface area contributed by atoms with Crippen molar-refractivity contribution < 1.29 is 14.6 Å². The average Bonchev–Trinajstić information content (AvgIpc) is 2.97. The molecule has 22 heavy (non-hydrogen) atoms. The molecule has 0 saturated heterocycles. The Kier molecular flexibility index (Phi) is 3.86. The van der Waals surface area contributed by atoms with Crippen molar-refractivity contribution >= 4 is 5.91 Å². The molecule has 1 N–H and O–H groups in total. The number of ether oxygens (including phenoxy) is 1. The fraction of sp³-hybridized carbons (Fsp3) is 0.278. The Bertz CT molecular complexity index is 711. The van der Waals surface area contributed by atoms with Crippen LogP contribution in [-0.4, -0.2) is 23.0 Å². The number of fused-ring (bicyclic) bond motifs is 1. The smallest absolute Gasteiger partial charge is 0.220 e. The van der Waals surface area contributed by atoms with E-state index < -0.39 is 6.10 Å². The van der Waals surface area contributed by atoms with E-state index in [0.717, 1.165) is 28.0 Å². The van der Waals surface area contributed by atoms with Gasteiger partial charge in [0.15, 0.2) is 0 Å². The maximum atomic E-state index is 11.5. The Morgan fingerprint density at radius 2 is 1.86 bits per heavy atom. The van der Waals surface area contributed by atoms with Gasteiger partial charge >= 0.3 is 0 Å². The van der Waals surface area contributed by atoms with Crippen LogP contribution in [0.2, 0.25) is 0 Å². The fourth-order valence-corrected chi connectivity index (χ4v) is 2.81. The molecule has 1 aliphatic heterocycles. The van der Waals surface area contributed by atoms with Gasteiger partial charge in [-0.05, 0) is 34.4 Å². The molecule has 1 atom stereocenters. The minimum Gasteiger partial charge on any atom is -0.497 e. The Labute approximate surface area is 130 Å². The largest absolute Gasteiger partial charge is 0.497 e. The molecule has 4 heteroatoms. The van der Waals surface area contributed by atoms with Crippen molar-refractivity contribution in [1.29, 1.82) is 0 Å². The Morgan fingerprint density at radius 1 is 1.14 bits per heavy atom. The van der Waals surface area contributed by atoms with Crippen molar-refractivity contribution in [3.8, 4) is 5.75 Å². The topological polar surface area (TPSA) is 49.8 Å². The van der Waals surface area contributed by atoms with E-state index in [-0.39, 0.29) is 5.91 Å². The van der Waals surface area contributed by atoms with Crippen LogP contribution in [0.15, 0.2) is 42.5 Å². The summed E-state index contributed by atoms with van der Waals surface area (Å²) in [7, 11) is 1.61. The van der Waals surface area contributed by atoms with Crippen LogP contribution in [0.4, 0.5) is 0 Å². The van der Waals surface area contributed by atoms with Crippen molar-refractivity contribution in [2.45, 2.75) is 26.1 Å². The van der Waals surface area contributed by atoms with Crippen LogP contribution in [0.1, 0.15) is 35.3 Å². The molecule has 1 unspecified atom stereocenters. The van der Waals surface area contributed by atoms with Gasteiger partial charge in [0, 0.05) is 20.0 Å². The number of carbonyl (C=O) groups is 1. The highest BCUT2D eigenvalue weighted by atomic mass is 16.5. The molecule has 0 aliphatic carbocycles. The summed E-state index contributed by atoms with van der Waals surface area (Å²) in [5.74, 6) is 0.798. The quantitative estimate of drug-likeness (QED) is 0.947. The number of amides is 1. The van der Waals surface area contributed by atoms with Gasteiger partial charge in [-0.1, -0.05) is 30.3 Å². The summed E-state index contributed by atoms with van der Waals surface area (Å²) in [5, 5.41) is 10.6. The highest BCUT2D eigenvalue weighted by Gasteiger charge is 2.22. The highest BCUT2D eigenvalue weighted by molar-refractivity contribution is 5.74. The van der Waals surface area contributed by atoms with E-state index in [1.165, 1.54) is 0 Å². The minimum atomic E-state index is -0.702. The first kappa shape index (κ1) is 14.6. The van der Waals surface area contributed by atoms with Crippen LogP contribution in [0.5, 0.6) is 5.75 Å². The fourth-order valence-electron chi connectivity index (χ4n) is 2.81. The Hall–Kier alpha value is -2.33. The summed E-state index contributed by atoms with van der Waals surface area (Å²) < 4.78 is 5.20. The molecule has 0 fully saturated rings. The van der Waals surface area contributed by atoms with Crippen LogP contribution in [0, 0.1) is 0 Å². The lowest BCUT2D eigenvalue weighted by Crippen LogP contribution is -2.21. The summed E-state index contributed by atoms with van der Waals surface area (Å²) >= 11 is 0. The van der Waals surface area contributed by atoms with Gasteiger partial charge in [0.25, 0.3) is 0 Å². The first-order valence-corrected chi connectivity index (χ1v) is 7.27. The van der Waals surface area contributed by atoms with E-state index in [1.807, 2.05) is 42.5 Å². The van der Waals surface area contributed by atoms with Crippen molar-refractivity contribution in [2.24, 2.45) is 0 Å². The van der Waals surface area contributed by atoms with Gasteiger partial charge in [0.1, 0.15) is 11.9 Å². The molecule has 0 radical (unpaired) electrons. The number of aliphatic hydroxyl groups is 1. The summed E-state index contributed by atoms with van der Waals surface area (Å²) in [6.45, 7) is 2.85. The van der Waals surface area contributed by atoms with Gasteiger partial charge in [-0.3, -0.25) is 4.79 Å². The lowest BCUT2D eigenvalue weighted by Gasteiger charge is -2.14. The molecule has 1 amide bonds. The number of nitrogens with zero attached hydrogens (tertiary/aromatic N) is 1. The van der Waals surface area contributed by atoms with Crippen LogP contribution in [0.3, 0.4) is 0 Å². The van der Waals surface area contributed by atoms with E-state index in [4.69, 9.17) is 4.74 Å².